The third kappa shape index (κ3) is 6.05. The van der Waals surface area contributed by atoms with E-state index in [0.29, 0.717) is 5.95 Å². The molecule has 2 N–H and O–H groups in total. The first kappa shape index (κ1) is 19.3. The minimum atomic E-state index is 0.632. The second kappa shape index (κ2) is 9.48. The SMILES string of the molecule is CN(C)CCCNc1nc(Nc2cccc(Br)c2)cc(-c2ccccc2)n1. The molecule has 3 aromatic rings. The van der Waals surface area contributed by atoms with E-state index >= 15 is 0 Å². The molecule has 3 rings (SSSR count). The summed E-state index contributed by atoms with van der Waals surface area (Å²) in [5, 5.41) is 6.72. The van der Waals surface area contributed by atoms with Crippen LogP contribution in [0.2, 0.25) is 0 Å². The first-order valence-corrected chi connectivity index (χ1v) is 9.75. The third-order valence-corrected chi connectivity index (χ3v) is 4.45. The molecule has 0 aliphatic rings. The highest BCUT2D eigenvalue weighted by atomic mass is 79.9. The zero-order chi connectivity index (χ0) is 19.1. The average molecular weight is 426 g/mol. The van der Waals surface area contributed by atoms with Crippen LogP contribution in [0.1, 0.15) is 6.42 Å². The van der Waals surface area contributed by atoms with Crippen molar-refractivity contribution < 1.29 is 0 Å². The molecule has 27 heavy (non-hydrogen) atoms. The van der Waals surface area contributed by atoms with Crippen LogP contribution in [-0.2, 0) is 0 Å². The van der Waals surface area contributed by atoms with Crippen LogP contribution in [0.15, 0.2) is 65.1 Å². The molecule has 0 radical (unpaired) electrons. The quantitative estimate of drug-likeness (QED) is 0.496. The van der Waals surface area contributed by atoms with Gasteiger partial charge >= 0.3 is 0 Å². The van der Waals surface area contributed by atoms with Crippen molar-refractivity contribution in [2.75, 3.05) is 37.8 Å². The number of rotatable bonds is 8. The molecule has 0 aliphatic heterocycles. The fraction of sp³-hybridized carbons (Fsp3) is 0.238. The van der Waals surface area contributed by atoms with Gasteiger partial charge in [-0.15, -0.1) is 0 Å². The summed E-state index contributed by atoms with van der Waals surface area (Å²) in [5.41, 5.74) is 2.92. The fourth-order valence-electron chi connectivity index (χ4n) is 2.66. The second-order valence-electron chi connectivity index (χ2n) is 6.55. The monoisotopic (exact) mass is 425 g/mol. The molecule has 0 saturated carbocycles. The van der Waals surface area contributed by atoms with Gasteiger partial charge in [-0.25, -0.2) is 4.98 Å². The summed E-state index contributed by atoms with van der Waals surface area (Å²) in [5.74, 6) is 1.39. The maximum absolute atomic E-state index is 4.69. The van der Waals surface area contributed by atoms with Gasteiger partial charge in [-0.2, -0.15) is 4.98 Å². The lowest BCUT2D eigenvalue weighted by Crippen LogP contribution is -2.17. The number of aromatic nitrogens is 2. The molecule has 2 aromatic carbocycles. The van der Waals surface area contributed by atoms with Gasteiger partial charge in [0.15, 0.2) is 0 Å². The van der Waals surface area contributed by atoms with Crippen molar-refractivity contribution in [1.29, 1.82) is 0 Å². The Labute approximate surface area is 169 Å². The molecule has 0 spiro atoms. The van der Waals surface area contributed by atoms with Crippen molar-refractivity contribution in [2.45, 2.75) is 6.42 Å². The van der Waals surface area contributed by atoms with Gasteiger partial charge in [-0.05, 0) is 45.3 Å². The van der Waals surface area contributed by atoms with E-state index in [1.165, 1.54) is 0 Å². The molecule has 0 bridgehead atoms. The molecule has 0 saturated heterocycles. The molecule has 1 heterocycles. The highest BCUT2D eigenvalue weighted by molar-refractivity contribution is 9.10. The topological polar surface area (TPSA) is 53.1 Å². The lowest BCUT2D eigenvalue weighted by molar-refractivity contribution is 0.405. The number of nitrogens with one attached hydrogen (secondary N) is 2. The smallest absolute Gasteiger partial charge is 0.225 e. The van der Waals surface area contributed by atoms with Crippen molar-refractivity contribution in [1.82, 2.24) is 14.9 Å². The molecule has 0 aliphatic carbocycles. The summed E-state index contributed by atoms with van der Waals surface area (Å²) in [6.45, 7) is 1.85. The van der Waals surface area contributed by atoms with E-state index in [4.69, 9.17) is 4.98 Å². The summed E-state index contributed by atoms with van der Waals surface area (Å²) in [4.78, 5) is 11.5. The van der Waals surface area contributed by atoms with E-state index in [0.717, 1.165) is 46.7 Å². The third-order valence-electron chi connectivity index (χ3n) is 3.96. The molecule has 0 fully saturated rings. The van der Waals surface area contributed by atoms with Gasteiger partial charge in [0.25, 0.3) is 0 Å². The van der Waals surface area contributed by atoms with Crippen LogP contribution >= 0.6 is 15.9 Å². The zero-order valence-electron chi connectivity index (χ0n) is 15.6. The van der Waals surface area contributed by atoms with Gasteiger partial charge in [0, 0.05) is 28.3 Å². The first-order chi connectivity index (χ1) is 13.1. The summed E-state index contributed by atoms with van der Waals surface area (Å²) in [6.07, 6.45) is 1.03. The van der Waals surface area contributed by atoms with Gasteiger partial charge in [0.2, 0.25) is 5.95 Å². The van der Waals surface area contributed by atoms with Gasteiger partial charge in [0.05, 0.1) is 5.69 Å². The summed E-state index contributed by atoms with van der Waals surface area (Å²) in [6, 6.07) is 20.2. The summed E-state index contributed by atoms with van der Waals surface area (Å²) >= 11 is 3.51. The van der Waals surface area contributed by atoms with E-state index in [9.17, 15) is 0 Å². The zero-order valence-corrected chi connectivity index (χ0v) is 17.2. The van der Waals surface area contributed by atoms with E-state index in [1.54, 1.807) is 0 Å². The standard InChI is InChI=1S/C21H24BrN5/c1-27(2)13-7-12-23-21-25-19(16-8-4-3-5-9-16)15-20(26-21)24-18-11-6-10-17(22)14-18/h3-6,8-11,14-15H,7,12-13H2,1-2H3,(H2,23,24,25,26). The molecular formula is C21H24BrN5. The highest BCUT2D eigenvalue weighted by Crippen LogP contribution is 2.24. The van der Waals surface area contributed by atoms with Crippen LogP contribution in [0.4, 0.5) is 17.5 Å². The van der Waals surface area contributed by atoms with Crippen molar-refractivity contribution in [3.05, 3.63) is 65.1 Å². The maximum atomic E-state index is 4.69. The van der Waals surface area contributed by atoms with Gasteiger partial charge in [-0.1, -0.05) is 52.3 Å². The van der Waals surface area contributed by atoms with Gasteiger partial charge in [0.1, 0.15) is 5.82 Å². The number of nitrogens with zero attached hydrogens (tertiary/aromatic N) is 3. The van der Waals surface area contributed by atoms with Crippen LogP contribution in [-0.4, -0.2) is 42.1 Å². The van der Waals surface area contributed by atoms with Crippen LogP contribution in [0.3, 0.4) is 0 Å². The average Bonchev–Trinajstić information content (AvgIpc) is 2.66. The molecule has 140 valence electrons. The fourth-order valence-corrected chi connectivity index (χ4v) is 3.06. The number of hydrogen-bond donors (Lipinski definition) is 2. The predicted molar refractivity (Wildman–Crippen MR) is 117 cm³/mol. The lowest BCUT2D eigenvalue weighted by Gasteiger charge is -2.13. The Hall–Kier alpha value is -2.44. The Morgan fingerprint density at radius 1 is 0.963 bits per heavy atom. The Kier molecular flexibility index (Phi) is 6.79. The van der Waals surface area contributed by atoms with Crippen LogP contribution in [0.5, 0.6) is 0 Å². The van der Waals surface area contributed by atoms with E-state index < -0.39 is 0 Å². The van der Waals surface area contributed by atoms with Crippen LogP contribution in [0.25, 0.3) is 11.3 Å². The Morgan fingerprint density at radius 3 is 2.52 bits per heavy atom. The Morgan fingerprint density at radius 2 is 1.78 bits per heavy atom. The second-order valence-corrected chi connectivity index (χ2v) is 7.46. The minimum Gasteiger partial charge on any atom is -0.354 e. The maximum Gasteiger partial charge on any atom is 0.225 e. The van der Waals surface area contributed by atoms with Crippen molar-refractivity contribution in [3.8, 4) is 11.3 Å². The van der Waals surface area contributed by atoms with Gasteiger partial charge < -0.3 is 15.5 Å². The highest BCUT2D eigenvalue weighted by Gasteiger charge is 2.07. The number of halogens is 1. The molecular weight excluding hydrogens is 402 g/mol. The van der Waals surface area contributed by atoms with Crippen LogP contribution < -0.4 is 10.6 Å². The summed E-state index contributed by atoms with van der Waals surface area (Å²) in [7, 11) is 4.15. The normalized spacial score (nSPS) is 10.8. The molecule has 0 amide bonds. The number of benzene rings is 2. The molecule has 0 atom stereocenters. The van der Waals surface area contributed by atoms with E-state index in [1.807, 2.05) is 48.5 Å². The Bertz CT molecular complexity index is 867. The molecule has 6 heteroatoms. The van der Waals surface area contributed by atoms with E-state index in [2.05, 4.69) is 62.7 Å². The van der Waals surface area contributed by atoms with Crippen LogP contribution in [0, 0.1) is 0 Å². The van der Waals surface area contributed by atoms with Crippen molar-refractivity contribution >= 4 is 33.4 Å². The first-order valence-electron chi connectivity index (χ1n) is 8.96. The van der Waals surface area contributed by atoms with Gasteiger partial charge in [-0.3, -0.25) is 0 Å². The minimum absolute atomic E-state index is 0.632. The number of hydrogen-bond acceptors (Lipinski definition) is 5. The van der Waals surface area contributed by atoms with Crippen molar-refractivity contribution in [2.24, 2.45) is 0 Å². The summed E-state index contributed by atoms with van der Waals surface area (Å²) < 4.78 is 1.02. The Balaban J connectivity index is 1.83. The van der Waals surface area contributed by atoms with E-state index in [-0.39, 0.29) is 0 Å². The molecule has 0 unspecified atom stereocenters. The van der Waals surface area contributed by atoms with Crippen molar-refractivity contribution in [3.63, 3.8) is 0 Å². The number of anilines is 3. The lowest BCUT2D eigenvalue weighted by atomic mass is 10.1. The largest absolute Gasteiger partial charge is 0.354 e. The predicted octanol–water partition coefficient (Wildman–Crippen LogP) is 5.01. The molecule has 5 nitrogen and oxygen atoms in total. The molecule has 1 aromatic heterocycles.